The summed E-state index contributed by atoms with van der Waals surface area (Å²) in [6.07, 6.45) is 0.801. The summed E-state index contributed by atoms with van der Waals surface area (Å²) < 4.78 is 13.8. The Balaban J connectivity index is 1.17. The third kappa shape index (κ3) is 6.16. The van der Waals surface area contributed by atoms with Crippen molar-refractivity contribution >= 4 is 5.91 Å². The van der Waals surface area contributed by atoms with Gasteiger partial charge in [-0.1, -0.05) is 54.6 Å². The smallest absolute Gasteiger partial charge is 0.251 e. The number of rotatable bonds is 9. The molecule has 1 amide bonds. The molecule has 0 saturated carbocycles. The molecule has 8 nitrogen and oxygen atoms in total. The number of hydrogen-bond donors (Lipinski definition) is 1. The monoisotopic (exact) mass is 497 g/mol. The predicted octanol–water partition coefficient (Wildman–Crippen LogP) is 3.85. The van der Waals surface area contributed by atoms with E-state index in [1.807, 2.05) is 54.6 Å². The molecule has 4 aromatic rings. The molecule has 2 heterocycles. The number of nitrogens with zero attached hydrogens (tertiary/aromatic N) is 4. The minimum Gasteiger partial charge on any atom is -0.493 e. The van der Waals surface area contributed by atoms with Crippen molar-refractivity contribution in [2.75, 3.05) is 20.2 Å². The molecule has 5 rings (SSSR count). The number of benzene rings is 3. The number of fused-ring (bicyclic) bond motifs is 1. The number of carbonyl (C=O) groups excluding carboxylic acids is 1. The summed E-state index contributed by atoms with van der Waals surface area (Å²) >= 11 is 0. The maximum atomic E-state index is 12.4. The zero-order valence-corrected chi connectivity index (χ0v) is 21.0. The van der Waals surface area contributed by atoms with Gasteiger partial charge in [0.25, 0.3) is 5.91 Å². The van der Waals surface area contributed by atoms with E-state index in [4.69, 9.17) is 9.47 Å². The molecule has 0 spiro atoms. The van der Waals surface area contributed by atoms with Crippen molar-refractivity contribution in [2.24, 2.45) is 0 Å². The van der Waals surface area contributed by atoms with E-state index in [0.717, 1.165) is 66.9 Å². The van der Waals surface area contributed by atoms with Gasteiger partial charge in [-0.25, -0.2) is 0 Å². The molecule has 0 unspecified atom stereocenters. The lowest BCUT2D eigenvalue weighted by atomic mass is 10.1. The quantitative estimate of drug-likeness (QED) is 0.378. The molecule has 1 aromatic heterocycles. The van der Waals surface area contributed by atoms with Gasteiger partial charge in [0.1, 0.15) is 12.4 Å². The maximum absolute atomic E-state index is 12.4. The second kappa shape index (κ2) is 11.7. The second-order valence-electron chi connectivity index (χ2n) is 9.02. The van der Waals surface area contributed by atoms with Crippen molar-refractivity contribution < 1.29 is 14.3 Å². The van der Waals surface area contributed by atoms with Crippen molar-refractivity contribution in [3.63, 3.8) is 0 Å². The molecular weight excluding hydrogens is 466 g/mol. The number of nitrogens with one attached hydrogen (secondary N) is 1. The highest BCUT2D eigenvalue weighted by Crippen LogP contribution is 2.29. The van der Waals surface area contributed by atoms with Crippen LogP contribution in [0, 0.1) is 0 Å². The first-order valence-corrected chi connectivity index (χ1v) is 12.5. The molecule has 0 saturated heterocycles. The average Bonchev–Trinajstić information content (AvgIpc) is 3.23. The van der Waals surface area contributed by atoms with E-state index in [1.165, 1.54) is 0 Å². The van der Waals surface area contributed by atoms with Gasteiger partial charge in [-0.05, 0) is 35.4 Å². The number of carbonyl (C=O) groups is 1. The van der Waals surface area contributed by atoms with E-state index in [1.54, 1.807) is 19.2 Å². The zero-order valence-electron chi connectivity index (χ0n) is 21.0. The van der Waals surface area contributed by atoms with Gasteiger partial charge in [0.05, 0.1) is 13.7 Å². The summed E-state index contributed by atoms with van der Waals surface area (Å²) in [6, 6.07) is 25.4. The van der Waals surface area contributed by atoms with Crippen LogP contribution in [0.15, 0.2) is 78.9 Å². The fourth-order valence-corrected chi connectivity index (χ4v) is 4.49. The van der Waals surface area contributed by atoms with Crippen LogP contribution in [0.5, 0.6) is 11.5 Å². The number of ether oxygens (including phenoxy) is 2. The second-order valence-corrected chi connectivity index (χ2v) is 9.02. The van der Waals surface area contributed by atoms with Gasteiger partial charge >= 0.3 is 0 Å². The van der Waals surface area contributed by atoms with Crippen LogP contribution < -0.4 is 14.8 Å². The Morgan fingerprint density at radius 3 is 2.46 bits per heavy atom. The standard InChI is InChI=1S/C29H31N5O3/c1-36-26-18-23(12-13-25(26)37-21-22-8-4-2-5-9-22)20-33-15-14-27-31-32-28(34(27)17-16-33)19-30-29(35)24-10-6-3-7-11-24/h2-13,18H,14-17,19-21H2,1H3,(H,30,35). The summed E-state index contributed by atoms with van der Waals surface area (Å²) in [5.41, 5.74) is 2.91. The minimum atomic E-state index is -0.113. The van der Waals surface area contributed by atoms with Gasteiger partial charge in [0.2, 0.25) is 0 Å². The van der Waals surface area contributed by atoms with E-state index in [0.29, 0.717) is 18.7 Å². The molecular formula is C29H31N5O3. The van der Waals surface area contributed by atoms with Gasteiger partial charge < -0.3 is 19.4 Å². The lowest BCUT2D eigenvalue weighted by molar-refractivity contribution is 0.0949. The van der Waals surface area contributed by atoms with Crippen LogP contribution in [0.1, 0.15) is 33.1 Å². The molecule has 3 aromatic carbocycles. The summed E-state index contributed by atoms with van der Waals surface area (Å²) in [5, 5.41) is 11.7. The van der Waals surface area contributed by atoms with Gasteiger partial charge in [-0.2, -0.15) is 0 Å². The summed E-state index contributed by atoms with van der Waals surface area (Å²) in [7, 11) is 1.67. The van der Waals surface area contributed by atoms with E-state index in [-0.39, 0.29) is 5.91 Å². The number of amides is 1. The maximum Gasteiger partial charge on any atom is 0.251 e. The van der Waals surface area contributed by atoms with Crippen molar-refractivity contribution in [2.45, 2.75) is 32.7 Å². The third-order valence-corrected chi connectivity index (χ3v) is 6.51. The molecule has 190 valence electrons. The van der Waals surface area contributed by atoms with Crippen LogP contribution in [0.4, 0.5) is 0 Å². The van der Waals surface area contributed by atoms with Gasteiger partial charge in [-0.3, -0.25) is 9.69 Å². The van der Waals surface area contributed by atoms with Crippen LogP contribution >= 0.6 is 0 Å². The Labute approximate surface area is 216 Å². The Bertz CT molecular complexity index is 1320. The zero-order chi connectivity index (χ0) is 25.5. The fourth-order valence-electron chi connectivity index (χ4n) is 4.49. The molecule has 0 radical (unpaired) electrons. The van der Waals surface area contributed by atoms with Crippen molar-refractivity contribution in [3.05, 3.63) is 107 Å². The normalized spacial score (nSPS) is 13.4. The first kappa shape index (κ1) is 24.5. The first-order valence-electron chi connectivity index (χ1n) is 12.5. The van der Waals surface area contributed by atoms with Crippen LogP contribution in [-0.4, -0.2) is 45.8 Å². The van der Waals surface area contributed by atoms with Gasteiger partial charge in [0, 0.05) is 38.2 Å². The van der Waals surface area contributed by atoms with Crippen LogP contribution in [0.3, 0.4) is 0 Å². The summed E-state index contributed by atoms with van der Waals surface area (Å²) in [6.45, 7) is 4.16. The SMILES string of the molecule is COc1cc(CN2CCc3nnc(CNC(=O)c4ccccc4)n3CC2)ccc1OCc1ccccc1. The van der Waals surface area contributed by atoms with Gasteiger partial charge in [-0.15, -0.1) is 10.2 Å². The molecule has 0 fully saturated rings. The van der Waals surface area contributed by atoms with E-state index >= 15 is 0 Å². The molecule has 0 atom stereocenters. The highest BCUT2D eigenvalue weighted by molar-refractivity contribution is 5.93. The number of aromatic nitrogens is 3. The van der Waals surface area contributed by atoms with Crippen molar-refractivity contribution in [3.8, 4) is 11.5 Å². The molecule has 0 aliphatic carbocycles. The number of methoxy groups -OCH3 is 1. The van der Waals surface area contributed by atoms with E-state index in [2.05, 4.69) is 37.1 Å². The number of hydrogen-bond acceptors (Lipinski definition) is 6. The van der Waals surface area contributed by atoms with Crippen LogP contribution in [-0.2, 0) is 32.7 Å². The van der Waals surface area contributed by atoms with E-state index < -0.39 is 0 Å². The third-order valence-electron chi connectivity index (χ3n) is 6.51. The van der Waals surface area contributed by atoms with Crippen molar-refractivity contribution in [1.82, 2.24) is 25.0 Å². The molecule has 37 heavy (non-hydrogen) atoms. The predicted molar refractivity (Wildman–Crippen MR) is 140 cm³/mol. The average molecular weight is 498 g/mol. The van der Waals surface area contributed by atoms with Crippen LogP contribution in [0.25, 0.3) is 0 Å². The molecule has 1 aliphatic rings. The minimum absolute atomic E-state index is 0.113. The topological polar surface area (TPSA) is 81.5 Å². The Morgan fingerprint density at radius 2 is 1.68 bits per heavy atom. The molecule has 1 N–H and O–H groups in total. The molecule has 1 aliphatic heterocycles. The molecule has 8 heteroatoms. The van der Waals surface area contributed by atoms with Crippen LogP contribution in [0.2, 0.25) is 0 Å². The summed E-state index contributed by atoms with van der Waals surface area (Å²) in [5.74, 6) is 3.09. The Morgan fingerprint density at radius 1 is 0.892 bits per heavy atom. The van der Waals surface area contributed by atoms with E-state index in [9.17, 15) is 4.79 Å². The molecule has 0 bridgehead atoms. The first-order chi connectivity index (χ1) is 18.2. The Kier molecular flexibility index (Phi) is 7.76. The Hall–Kier alpha value is -4.17. The fraction of sp³-hybridized carbons (Fsp3) is 0.276. The largest absolute Gasteiger partial charge is 0.493 e. The lowest BCUT2D eigenvalue weighted by Gasteiger charge is -2.20. The highest BCUT2D eigenvalue weighted by Gasteiger charge is 2.20. The van der Waals surface area contributed by atoms with Crippen molar-refractivity contribution in [1.29, 1.82) is 0 Å². The lowest BCUT2D eigenvalue weighted by Crippen LogP contribution is -2.28. The highest BCUT2D eigenvalue weighted by atomic mass is 16.5. The van der Waals surface area contributed by atoms with Gasteiger partial charge in [0.15, 0.2) is 17.3 Å². The summed E-state index contributed by atoms with van der Waals surface area (Å²) in [4.78, 5) is 14.8.